The molecule has 0 saturated carbocycles. The summed E-state index contributed by atoms with van der Waals surface area (Å²) in [5, 5.41) is 18.3. The highest BCUT2D eigenvalue weighted by Gasteiger charge is 2.21. The fourth-order valence-electron chi connectivity index (χ4n) is 2.19. The van der Waals surface area contributed by atoms with Crippen LogP contribution in [0.4, 0.5) is 0 Å². The molecule has 0 spiro atoms. The molecule has 2 rings (SSSR count). The Morgan fingerprint density at radius 1 is 1.15 bits per heavy atom. The van der Waals surface area contributed by atoms with E-state index in [-0.39, 0.29) is 24.1 Å². The molecule has 1 fully saturated rings. The Balaban J connectivity index is 0.000000484. The van der Waals surface area contributed by atoms with Gasteiger partial charge in [-0.3, -0.25) is 9.59 Å². The fraction of sp³-hybridized carbons (Fsp3) is 0.556. The first-order valence-corrected chi connectivity index (χ1v) is 9.45. The van der Waals surface area contributed by atoms with Gasteiger partial charge in [0.2, 0.25) is 11.8 Å². The number of carbonyl (C=O) groups excluding carboxylic acids is 2. The predicted octanol–water partition coefficient (Wildman–Crippen LogP) is 3.17. The Kier molecular flexibility index (Phi) is 12.9. The summed E-state index contributed by atoms with van der Waals surface area (Å²) in [5.41, 5.74) is 0. The zero-order valence-electron chi connectivity index (χ0n) is 15.5. The van der Waals surface area contributed by atoms with Crippen LogP contribution in [0.25, 0.3) is 0 Å². The van der Waals surface area contributed by atoms with Crippen LogP contribution in [0.5, 0.6) is 5.75 Å². The van der Waals surface area contributed by atoms with Crippen LogP contribution in [0.2, 0.25) is 10.0 Å². The predicted molar refractivity (Wildman–Crippen MR) is 105 cm³/mol. The average molecular weight is 407 g/mol. The number of carbonyl (C=O) groups is 2. The first-order valence-electron chi connectivity index (χ1n) is 8.69. The number of aromatic hydroxyl groups is 1. The van der Waals surface area contributed by atoms with Gasteiger partial charge in [0.1, 0.15) is 12.4 Å². The number of hydrogen-bond donors (Lipinski definition) is 2. The minimum Gasteiger partial charge on any atom is -0.508 e. The van der Waals surface area contributed by atoms with Crippen LogP contribution in [0.1, 0.15) is 33.6 Å². The molecule has 0 aromatic heterocycles. The molecule has 1 heterocycles. The van der Waals surface area contributed by atoms with Crippen LogP contribution in [-0.2, 0) is 9.59 Å². The number of likely N-dealkylation sites (tertiary alicyclic amines) is 1. The van der Waals surface area contributed by atoms with Gasteiger partial charge in [-0.25, -0.2) is 0 Å². The van der Waals surface area contributed by atoms with Crippen molar-refractivity contribution in [1.29, 1.82) is 0 Å². The Bertz CT molecular complexity index is 564. The molecule has 2 amide bonds. The quantitative estimate of drug-likeness (QED) is 0.804. The number of aliphatic hydroxyl groups is 1. The van der Waals surface area contributed by atoms with Crippen molar-refractivity contribution < 1.29 is 19.8 Å². The second-order valence-electron chi connectivity index (χ2n) is 5.25. The Morgan fingerprint density at radius 3 is 2.15 bits per heavy atom. The van der Waals surface area contributed by atoms with Crippen molar-refractivity contribution in [1.82, 2.24) is 9.80 Å². The molecule has 1 aromatic rings. The van der Waals surface area contributed by atoms with E-state index >= 15 is 0 Å². The number of rotatable bonds is 4. The van der Waals surface area contributed by atoms with Crippen molar-refractivity contribution in [3.05, 3.63) is 28.2 Å². The minimum atomic E-state index is -0.527. The van der Waals surface area contributed by atoms with Crippen molar-refractivity contribution in [3.63, 3.8) is 0 Å². The van der Waals surface area contributed by atoms with Crippen LogP contribution >= 0.6 is 23.2 Å². The first-order chi connectivity index (χ1) is 12.4. The molecule has 1 saturated heterocycles. The van der Waals surface area contributed by atoms with Gasteiger partial charge in [0.05, 0.1) is 16.6 Å². The number of likely N-dealkylation sites (N-methyl/N-ethyl adjacent to an activating group) is 1. The standard InChI is InChI=1S/C10H18N2O3.C6H4Cl2O.C2H6/c1-2-11(10(15)8-13)7-9(14)12-5-3-4-6-12;7-5-2-1-4(9)3-6(5)8;1-2/h13H,2-8H2,1H3;1-3,9H;1-2H3. The molecule has 148 valence electrons. The molecule has 0 aliphatic carbocycles. The maximum Gasteiger partial charge on any atom is 0.248 e. The van der Waals surface area contributed by atoms with E-state index in [1.165, 1.54) is 17.0 Å². The van der Waals surface area contributed by atoms with Gasteiger partial charge in [-0.1, -0.05) is 37.0 Å². The van der Waals surface area contributed by atoms with Crippen molar-refractivity contribution in [3.8, 4) is 5.75 Å². The van der Waals surface area contributed by atoms with Crippen LogP contribution in [-0.4, -0.2) is 64.6 Å². The lowest BCUT2D eigenvalue weighted by Crippen LogP contribution is -2.42. The zero-order chi connectivity index (χ0) is 20.1. The molecule has 0 unspecified atom stereocenters. The van der Waals surface area contributed by atoms with Gasteiger partial charge in [-0.05, 0) is 38.0 Å². The number of halogens is 2. The highest BCUT2D eigenvalue weighted by atomic mass is 35.5. The van der Waals surface area contributed by atoms with E-state index in [4.69, 9.17) is 33.4 Å². The monoisotopic (exact) mass is 406 g/mol. The molecule has 6 nitrogen and oxygen atoms in total. The van der Waals surface area contributed by atoms with Crippen molar-refractivity contribution in [2.24, 2.45) is 0 Å². The number of aliphatic hydroxyl groups excluding tert-OH is 1. The highest BCUT2D eigenvalue weighted by molar-refractivity contribution is 6.42. The third-order valence-electron chi connectivity index (χ3n) is 3.56. The van der Waals surface area contributed by atoms with E-state index in [1.54, 1.807) is 17.9 Å². The normalized spacial score (nSPS) is 12.5. The van der Waals surface area contributed by atoms with Gasteiger partial charge in [0.15, 0.2) is 0 Å². The Morgan fingerprint density at radius 2 is 1.73 bits per heavy atom. The lowest BCUT2D eigenvalue weighted by atomic mass is 10.3. The van der Waals surface area contributed by atoms with Crippen LogP contribution in [0.15, 0.2) is 18.2 Å². The molecule has 8 heteroatoms. The van der Waals surface area contributed by atoms with Gasteiger partial charge >= 0.3 is 0 Å². The lowest BCUT2D eigenvalue weighted by Gasteiger charge is -2.23. The lowest BCUT2D eigenvalue weighted by molar-refractivity contribution is -0.141. The van der Waals surface area contributed by atoms with Gasteiger partial charge in [0.25, 0.3) is 0 Å². The van der Waals surface area contributed by atoms with E-state index in [2.05, 4.69) is 0 Å². The van der Waals surface area contributed by atoms with Crippen molar-refractivity contribution >= 4 is 35.0 Å². The summed E-state index contributed by atoms with van der Waals surface area (Å²) < 4.78 is 0. The molecular weight excluding hydrogens is 379 g/mol. The number of phenols is 1. The molecular formula is C18H28Cl2N2O4. The molecule has 0 radical (unpaired) electrons. The van der Waals surface area contributed by atoms with E-state index < -0.39 is 6.61 Å². The topological polar surface area (TPSA) is 81.1 Å². The van der Waals surface area contributed by atoms with Crippen LogP contribution < -0.4 is 0 Å². The first kappa shape index (κ1) is 24.5. The minimum absolute atomic E-state index is 0.0175. The second-order valence-corrected chi connectivity index (χ2v) is 6.07. The van der Waals surface area contributed by atoms with Crippen LogP contribution in [0, 0.1) is 0 Å². The molecule has 0 bridgehead atoms. The molecule has 26 heavy (non-hydrogen) atoms. The summed E-state index contributed by atoms with van der Waals surface area (Å²) in [5.74, 6) is -0.273. The van der Waals surface area contributed by atoms with Crippen molar-refractivity contribution in [2.75, 3.05) is 32.8 Å². The number of phenolic OH excluding ortho intramolecular Hbond substituents is 1. The highest BCUT2D eigenvalue weighted by Crippen LogP contribution is 2.25. The van der Waals surface area contributed by atoms with Gasteiger partial charge in [-0.15, -0.1) is 0 Å². The van der Waals surface area contributed by atoms with E-state index in [0.29, 0.717) is 16.6 Å². The zero-order valence-corrected chi connectivity index (χ0v) is 17.1. The smallest absolute Gasteiger partial charge is 0.248 e. The molecule has 1 aliphatic rings. The van der Waals surface area contributed by atoms with E-state index in [0.717, 1.165) is 25.9 Å². The maximum absolute atomic E-state index is 11.7. The SMILES string of the molecule is CC.CCN(CC(=O)N1CCCC1)C(=O)CO.Oc1ccc(Cl)c(Cl)c1. The van der Waals surface area contributed by atoms with Crippen molar-refractivity contribution in [2.45, 2.75) is 33.6 Å². The number of benzene rings is 1. The molecule has 0 atom stereocenters. The number of hydrogen-bond acceptors (Lipinski definition) is 4. The van der Waals surface area contributed by atoms with E-state index in [9.17, 15) is 9.59 Å². The van der Waals surface area contributed by atoms with Gasteiger partial charge in [-0.2, -0.15) is 0 Å². The summed E-state index contributed by atoms with van der Waals surface area (Å²) >= 11 is 11.1. The second kappa shape index (κ2) is 13.7. The number of nitrogens with zero attached hydrogens (tertiary/aromatic N) is 2. The summed E-state index contributed by atoms with van der Waals surface area (Å²) in [6.07, 6.45) is 2.09. The largest absolute Gasteiger partial charge is 0.508 e. The molecule has 1 aromatic carbocycles. The Hall–Kier alpha value is -1.50. The fourth-order valence-corrected chi connectivity index (χ4v) is 2.48. The maximum atomic E-state index is 11.7. The number of amides is 2. The van der Waals surface area contributed by atoms with Crippen LogP contribution in [0.3, 0.4) is 0 Å². The van der Waals surface area contributed by atoms with Gasteiger partial charge in [0, 0.05) is 19.6 Å². The molecule has 2 N–H and O–H groups in total. The Labute approximate surface area is 165 Å². The summed E-state index contributed by atoms with van der Waals surface area (Å²) in [4.78, 5) is 26.0. The third-order valence-corrected chi connectivity index (χ3v) is 4.30. The van der Waals surface area contributed by atoms with E-state index in [1.807, 2.05) is 13.8 Å². The third kappa shape index (κ3) is 8.74. The average Bonchev–Trinajstić information content (AvgIpc) is 3.19. The van der Waals surface area contributed by atoms with Gasteiger partial charge < -0.3 is 20.0 Å². The molecule has 1 aliphatic heterocycles. The summed E-state index contributed by atoms with van der Waals surface area (Å²) in [6.45, 7) is 7.41. The summed E-state index contributed by atoms with van der Waals surface area (Å²) in [6, 6.07) is 4.41. The summed E-state index contributed by atoms with van der Waals surface area (Å²) in [7, 11) is 0.